The number of hydrogen-bond donors (Lipinski definition) is 2. The summed E-state index contributed by atoms with van der Waals surface area (Å²) in [5.74, 6) is -0.0743. The number of benzene rings is 1. The largest absolute Gasteiger partial charge is 0.354 e. The van der Waals surface area contributed by atoms with Gasteiger partial charge in [-0.25, -0.2) is 0 Å². The van der Waals surface area contributed by atoms with Crippen molar-refractivity contribution in [3.63, 3.8) is 0 Å². The Hall–Kier alpha value is -1.00. The molecule has 0 aliphatic heterocycles. The number of thioether (sulfide) groups is 1. The molecule has 17 heavy (non-hydrogen) atoms. The molecule has 0 aliphatic rings. The van der Waals surface area contributed by atoms with Crippen molar-refractivity contribution in [2.45, 2.75) is 24.6 Å². The molecule has 1 rings (SSSR count). The fourth-order valence-corrected chi connectivity index (χ4v) is 1.67. The second kappa shape index (κ2) is 7.35. The van der Waals surface area contributed by atoms with E-state index < -0.39 is 6.04 Å². The lowest BCUT2D eigenvalue weighted by Gasteiger charge is -2.14. The summed E-state index contributed by atoms with van der Waals surface area (Å²) in [7, 11) is 0. The highest BCUT2D eigenvalue weighted by Gasteiger charge is 2.14. The van der Waals surface area contributed by atoms with Crippen LogP contribution in [0.1, 0.15) is 12.5 Å². The molecule has 2 atom stereocenters. The molecule has 1 aromatic rings. The molecule has 2 unspecified atom stereocenters. The molecule has 3 N–H and O–H groups in total. The first-order chi connectivity index (χ1) is 8.13. The van der Waals surface area contributed by atoms with Crippen LogP contribution in [0.25, 0.3) is 0 Å². The first-order valence-electron chi connectivity index (χ1n) is 5.73. The number of rotatable bonds is 6. The molecule has 0 saturated carbocycles. The summed E-state index contributed by atoms with van der Waals surface area (Å²) in [5, 5.41) is 3.29. The maximum absolute atomic E-state index is 11.7. The molecular weight excluding hydrogens is 232 g/mol. The lowest BCUT2D eigenvalue weighted by atomic mass is 10.1. The van der Waals surface area contributed by atoms with Crippen molar-refractivity contribution in [2.24, 2.45) is 5.73 Å². The van der Waals surface area contributed by atoms with Gasteiger partial charge in [-0.15, -0.1) is 0 Å². The highest BCUT2D eigenvalue weighted by molar-refractivity contribution is 7.99. The Labute approximate surface area is 107 Å². The van der Waals surface area contributed by atoms with E-state index in [0.29, 0.717) is 18.2 Å². The van der Waals surface area contributed by atoms with Gasteiger partial charge in [-0.1, -0.05) is 37.3 Å². The average Bonchev–Trinajstić information content (AvgIpc) is 2.36. The van der Waals surface area contributed by atoms with Crippen LogP contribution in [0.15, 0.2) is 30.3 Å². The molecule has 0 radical (unpaired) electrons. The van der Waals surface area contributed by atoms with Crippen LogP contribution in [0.2, 0.25) is 0 Å². The van der Waals surface area contributed by atoms with Crippen LogP contribution >= 0.6 is 11.8 Å². The van der Waals surface area contributed by atoms with Crippen molar-refractivity contribution in [3.05, 3.63) is 35.9 Å². The highest BCUT2D eigenvalue weighted by atomic mass is 32.2. The van der Waals surface area contributed by atoms with Gasteiger partial charge in [0.2, 0.25) is 5.91 Å². The van der Waals surface area contributed by atoms with E-state index in [1.54, 1.807) is 11.8 Å². The third-order valence-corrected chi connectivity index (χ3v) is 3.57. The number of amides is 1. The maximum atomic E-state index is 11.7. The molecule has 1 amide bonds. The molecule has 0 bridgehead atoms. The van der Waals surface area contributed by atoms with E-state index in [2.05, 4.69) is 12.2 Å². The highest BCUT2D eigenvalue weighted by Crippen LogP contribution is 2.04. The van der Waals surface area contributed by atoms with Crippen molar-refractivity contribution in [3.8, 4) is 0 Å². The Morgan fingerprint density at radius 2 is 2.06 bits per heavy atom. The summed E-state index contributed by atoms with van der Waals surface area (Å²) in [5.41, 5.74) is 6.95. The SMILES string of the molecule is CSC(C)CNC(=O)C(N)Cc1ccccc1. The molecule has 3 nitrogen and oxygen atoms in total. The summed E-state index contributed by atoms with van der Waals surface area (Å²) in [6, 6.07) is 9.36. The fourth-order valence-electron chi connectivity index (χ4n) is 1.42. The van der Waals surface area contributed by atoms with Crippen LogP contribution in [-0.4, -0.2) is 30.0 Å². The smallest absolute Gasteiger partial charge is 0.237 e. The van der Waals surface area contributed by atoms with E-state index in [1.807, 2.05) is 36.6 Å². The molecule has 1 aromatic carbocycles. The third-order valence-electron chi connectivity index (χ3n) is 2.60. The lowest BCUT2D eigenvalue weighted by Crippen LogP contribution is -2.43. The van der Waals surface area contributed by atoms with Crippen LogP contribution in [0.4, 0.5) is 0 Å². The quantitative estimate of drug-likeness (QED) is 0.805. The van der Waals surface area contributed by atoms with Gasteiger partial charge in [-0.2, -0.15) is 11.8 Å². The number of nitrogens with one attached hydrogen (secondary N) is 1. The molecule has 94 valence electrons. The minimum Gasteiger partial charge on any atom is -0.354 e. The van der Waals surface area contributed by atoms with E-state index in [4.69, 9.17) is 5.73 Å². The summed E-state index contributed by atoms with van der Waals surface area (Å²) in [6.07, 6.45) is 2.61. The Bertz CT molecular complexity index is 343. The predicted octanol–water partition coefficient (Wildman–Crippen LogP) is 1.42. The molecule has 0 saturated heterocycles. The van der Waals surface area contributed by atoms with Gasteiger partial charge in [-0.05, 0) is 18.2 Å². The molecule has 0 aliphatic carbocycles. The molecule has 0 aromatic heterocycles. The average molecular weight is 252 g/mol. The van der Waals surface area contributed by atoms with Gasteiger partial charge in [0.1, 0.15) is 0 Å². The maximum Gasteiger partial charge on any atom is 0.237 e. The van der Waals surface area contributed by atoms with Crippen LogP contribution in [0, 0.1) is 0 Å². The topological polar surface area (TPSA) is 55.1 Å². The van der Waals surface area contributed by atoms with E-state index >= 15 is 0 Å². The molecule has 4 heteroatoms. The first-order valence-corrected chi connectivity index (χ1v) is 7.02. The van der Waals surface area contributed by atoms with Crippen LogP contribution < -0.4 is 11.1 Å². The van der Waals surface area contributed by atoms with E-state index in [0.717, 1.165) is 5.56 Å². The summed E-state index contributed by atoms with van der Waals surface area (Å²) in [6.45, 7) is 2.75. The van der Waals surface area contributed by atoms with Gasteiger partial charge >= 0.3 is 0 Å². The fraction of sp³-hybridized carbons (Fsp3) is 0.462. The van der Waals surface area contributed by atoms with E-state index in [9.17, 15) is 4.79 Å². The minimum atomic E-state index is -0.466. The lowest BCUT2D eigenvalue weighted by molar-refractivity contribution is -0.122. The number of hydrogen-bond acceptors (Lipinski definition) is 3. The van der Waals surface area contributed by atoms with Crippen LogP contribution in [0.5, 0.6) is 0 Å². The molecule has 0 heterocycles. The standard InChI is InChI=1S/C13H20N2OS/c1-10(17-2)9-15-13(16)12(14)8-11-6-4-3-5-7-11/h3-7,10,12H,8-9,14H2,1-2H3,(H,15,16). The van der Waals surface area contributed by atoms with Gasteiger partial charge in [0, 0.05) is 11.8 Å². The van der Waals surface area contributed by atoms with Gasteiger partial charge < -0.3 is 11.1 Å². The van der Waals surface area contributed by atoms with E-state index in [1.165, 1.54) is 0 Å². The van der Waals surface area contributed by atoms with E-state index in [-0.39, 0.29) is 5.91 Å². The van der Waals surface area contributed by atoms with Crippen molar-refractivity contribution in [2.75, 3.05) is 12.8 Å². The summed E-state index contributed by atoms with van der Waals surface area (Å²) >= 11 is 1.73. The molecule has 0 fully saturated rings. The Balaban J connectivity index is 2.37. The number of carbonyl (C=O) groups is 1. The van der Waals surface area contributed by atoms with Crippen molar-refractivity contribution >= 4 is 17.7 Å². The number of carbonyl (C=O) groups excluding carboxylic acids is 1. The Morgan fingerprint density at radius 3 is 2.65 bits per heavy atom. The zero-order valence-electron chi connectivity index (χ0n) is 10.3. The monoisotopic (exact) mass is 252 g/mol. The normalized spacial score (nSPS) is 14.1. The zero-order chi connectivity index (χ0) is 12.7. The zero-order valence-corrected chi connectivity index (χ0v) is 11.2. The predicted molar refractivity (Wildman–Crippen MR) is 74.1 cm³/mol. The molecular formula is C13H20N2OS. The Kier molecular flexibility index (Phi) is 6.08. The number of nitrogens with two attached hydrogens (primary N) is 1. The second-order valence-corrected chi connectivity index (χ2v) is 5.36. The molecule has 0 spiro atoms. The van der Waals surface area contributed by atoms with Crippen molar-refractivity contribution < 1.29 is 4.79 Å². The van der Waals surface area contributed by atoms with Crippen molar-refractivity contribution in [1.29, 1.82) is 0 Å². The van der Waals surface area contributed by atoms with Crippen LogP contribution in [0.3, 0.4) is 0 Å². The second-order valence-electron chi connectivity index (χ2n) is 4.09. The minimum absolute atomic E-state index is 0.0743. The first kappa shape index (κ1) is 14.1. The summed E-state index contributed by atoms with van der Waals surface area (Å²) < 4.78 is 0. The Morgan fingerprint density at radius 1 is 1.41 bits per heavy atom. The van der Waals surface area contributed by atoms with Crippen LogP contribution in [-0.2, 0) is 11.2 Å². The van der Waals surface area contributed by atoms with Gasteiger partial charge in [0.05, 0.1) is 6.04 Å². The van der Waals surface area contributed by atoms with Gasteiger partial charge in [-0.3, -0.25) is 4.79 Å². The van der Waals surface area contributed by atoms with Gasteiger partial charge in [0.25, 0.3) is 0 Å². The third kappa shape index (κ3) is 5.24. The summed E-state index contributed by atoms with van der Waals surface area (Å²) in [4.78, 5) is 11.7. The van der Waals surface area contributed by atoms with Crippen molar-refractivity contribution in [1.82, 2.24) is 5.32 Å². The van der Waals surface area contributed by atoms with Gasteiger partial charge in [0.15, 0.2) is 0 Å².